The van der Waals surface area contributed by atoms with Gasteiger partial charge in [0.15, 0.2) is 0 Å². The number of hydrogen-bond donors (Lipinski definition) is 8. The summed E-state index contributed by atoms with van der Waals surface area (Å²) >= 11 is 3.87. The van der Waals surface area contributed by atoms with Crippen molar-refractivity contribution in [2.75, 3.05) is 12.4 Å². The lowest BCUT2D eigenvalue weighted by atomic mass is 9.97. The molecule has 5 unspecified atom stereocenters. The van der Waals surface area contributed by atoms with Crippen LogP contribution < -0.4 is 27.4 Å². The summed E-state index contributed by atoms with van der Waals surface area (Å²) in [7, 11) is 0. The lowest BCUT2D eigenvalue weighted by Crippen LogP contribution is -2.59. The normalized spacial score (nSPS) is 15.8. The molecule has 0 spiro atoms. The molecule has 30 heavy (non-hydrogen) atoms. The van der Waals surface area contributed by atoms with E-state index in [0.29, 0.717) is 6.42 Å². The summed E-state index contributed by atoms with van der Waals surface area (Å²) < 4.78 is 0. The van der Waals surface area contributed by atoms with Crippen LogP contribution in [0.2, 0.25) is 0 Å². The highest BCUT2D eigenvalue weighted by molar-refractivity contribution is 7.80. The molecule has 0 aromatic rings. The predicted molar refractivity (Wildman–Crippen MR) is 110 cm³/mol. The molecule has 0 saturated heterocycles. The Labute approximate surface area is 179 Å². The van der Waals surface area contributed by atoms with E-state index in [4.69, 9.17) is 16.6 Å². The number of nitrogens with one attached hydrogen (secondary N) is 3. The third kappa shape index (κ3) is 9.41. The van der Waals surface area contributed by atoms with E-state index in [1.807, 2.05) is 0 Å². The van der Waals surface area contributed by atoms with Crippen molar-refractivity contribution in [3.05, 3.63) is 0 Å². The Hall–Kier alpha value is -2.38. The van der Waals surface area contributed by atoms with Gasteiger partial charge in [0.2, 0.25) is 23.6 Å². The lowest BCUT2D eigenvalue weighted by Gasteiger charge is -2.27. The van der Waals surface area contributed by atoms with E-state index < -0.39 is 60.4 Å². The van der Waals surface area contributed by atoms with Crippen molar-refractivity contribution in [2.24, 2.45) is 17.4 Å². The first kappa shape index (κ1) is 27.6. The summed E-state index contributed by atoms with van der Waals surface area (Å²) in [6, 6.07) is -4.89. The highest BCUT2D eigenvalue weighted by Gasteiger charge is 2.32. The standard InChI is InChI=1S/C17H31N5O7S/c1-3-8(2)13(16(27)21-11(7-30)17(28)29)22-15(26)10(6-23)20-14(25)9(18)4-5-12(19)24/h8-11,13,23,30H,3-7,18H2,1-2H3,(H2,19,24)(H,20,25)(H,21,27)(H,22,26)(H,28,29). The number of nitrogens with two attached hydrogens (primary N) is 2. The first-order valence-corrected chi connectivity index (χ1v) is 10.0. The molecule has 5 atom stereocenters. The van der Waals surface area contributed by atoms with E-state index in [2.05, 4.69) is 28.6 Å². The minimum absolute atomic E-state index is 0.0425. The predicted octanol–water partition coefficient (Wildman–Crippen LogP) is -2.91. The van der Waals surface area contributed by atoms with Gasteiger partial charge in [0.05, 0.1) is 12.6 Å². The number of carbonyl (C=O) groups is 5. The van der Waals surface area contributed by atoms with Gasteiger partial charge in [0, 0.05) is 12.2 Å². The molecule has 0 bridgehead atoms. The minimum Gasteiger partial charge on any atom is -0.480 e. The summed E-state index contributed by atoms with van der Waals surface area (Å²) in [5, 5.41) is 25.5. The average molecular weight is 450 g/mol. The van der Waals surface area contributed by atoms with Gasteiger partial charge in [-0.3, -0.25) is 19.2 Å². The topological polar surface area (TPSA) is 214 Å². The van der Waals surface area contributed by atoms with Crippen molar-refractivity contribution in [3.8, 4) is 0 Å². The van der Waals surface area contributed by atoms with Gasteiger partial charge >= 0.3 is 5.97 Å². The van der Waals surface area contributed by atoms with Crippen LogP contribution in [0.15, 0.2) is 0 Å². The molecule has 0 aliphatic heterocycles. The Kier molecular flexibility index (Phi) is 12.7. The molecule has 0 aromatic carbocycles. The van der Waals surface area contributed by atoms with Crippen LogP contribution >= 0.6 is 12.6 Å². The third-order valence-electron chi connectivity index (χ3n) is 4.44. The van der Waals surface area contributed by atoms with Gasteiger partial charge in [-0.25, -0.2) is 4.79 Å². The molecule has 0 heterocycles. The van der Waals surface area contributed by atoms with Crippen LogP contribution in [-0.2, 0) is 24.0 Å². The van der Waals surface area contributed by atoms with Gasteiger partial charge < -0.3 is 37.6 Å². The van der Waals surface area contributed by atoms with E-state index in [-0.39, 0.29) is 24.5 Å². The van der Waals surface area contributed by atoms with Crippen LogP contribution in [-0.4, -0.2) is 76.3 Å². The van der Waals surface area contributed by atoms with Gasteiger partial charge in [-0.15, -0.1) is 0 Å². The van der Waals surface area contributed by atoms with Gasteiger partial charge in [0.25, 0.3) is 0 Å². The fourth-order valence-corrected chi connectivity index (χ4v) is 2.55. The second-order valence-electron chi connectivity index (χ2n) is 6.81. The number of carbonyl (C=O) groups excluding carboxylic acids is 4. The number of aliphatic hydroxyl groups excluding tert-OH is 1. The molecule has 0 aliphatic rings. The van der Waals surface area contributed by atoms with E-state index >= 15 is 0 Å². The second kappa shape index (κ2) is 13.8. The molecule has 0 saturated carbocycles. The highest BCUT2D eigenvalue weighted by Crippen LogP contribution is 2.09. The minimum atomic E-state index is -1.41. The molecule has 0 radical (unpaired) electrons. The quantitative estimate of drug-likeness (QED) is 0.128. The van der Waals surface area contributed by atoms with E-state index in [9.17, 15) is 29.1 Å². The van der Waals surface area contributed by atoms with Crippen molar-refractivity contribution in [1.82, 2.24) is 16.0 Å². The van der Waals surface area contributed by atoms with Crippen molar-refractivity contribution in [3.63, 3.8) is 0 Å². The SMILES string of the molecule is CCC(C)C(NC(=O)C(CO)NC(=O)C(N)CCC(N)=O)C(=O)NC(CS)C(=O)O. The number of thiol groups is 1. The highest BCUT2D eigenvalue weighted by atomic mass is 32.1. The summed E-state index contributed by atoms with van der Waals surface area (Å²) in [6.07, 6.45) is 0.307. The van der Waals surface area contributed by atoms with Crippen LogP contribution in [0.1, 0.15) is 33.1 Å². The van der Waals surface area contributed by atoms with Gasteiger partial charge in [-0.2, -0.15) is 12.6 Å². The Bertz CT molecular complexity index is 634. The van der Waals surface area contributed by atoms with Crippen LogP contribution in [0, 0.1) is 5.92 Å². The Morgan fingerprint density at radius 3 is 2.00 bits per heavy atom. The Balaban J connectivity index is 5.17. The Morgan fingerprint density at radius 1 is 1.00 bits per heavy atom. The average Bonchev–Trinajstić information content (AvgIpc) is 2.70. The first-order chi connectivity index (χ1) is 14.0. The smallest absolute Gasteiger partial charge is 0.327 e. The molecule has 12 nitrogen and oxygen atoms in total. The Morgan fingerprint density at radius 2 is 1.57 bits per heavy atom. The van der Waals surface area contributed by atoms with Crippen LogP contribution in [0.25, 0.3) is 0 Å². The van der Waals surface area contributed by atoms with Crippen molar-refractivity contribution in [1.29, 1.82) is 0 Å². The summed E-state index contributed by atoms with van der Waals surface area (Å²) in [6.45, 7) is 2.67. The number of hydrogen-bond acceptors (Lipinski definition) is 8. The fraction of sp³-hybridized carbons (Fsp3) is 0.706. The molecule has 0 rings (SSSR count). The summed E-state index contributed by atoms with van der Waals surface area (Å²) in [5.41, 5.74) is 10.6. The number of aliphatic carboxylic acids is 1. The van der Waals surface area contributed by atoms with E-state index in [0.717, 1.165) is 0 Å². The second-order valence-corrected chi connectivity index (χ2v) is 7.17. The molecule has 0 aliphatic carbocycles. The number of aliphatic hydroxyl groups is 1. The molecule has 0 aromatic heterocycles. The zero-order valence-corrected chi connectivity index (χ0v) is 17.9. The largest absolute Gasteiger partial charge is 0.480 e. The van der Waals surface area contributed by atoms with Crippen LogP contribution in [0.4, 0.5) is 0 Å². The maximum atomic E-state index is 12.5. The summed E-state index contributed by atoms with van der Waals surface area (Å²) in [4.78, 5) is 59.0. The lowest BCUT2D eigenvalue weighted by molar-refractivity contribution is -0.142. The number of carboxylic acids is 1. The molecular weight excluding hydrogens is 418 g/mol. The van der Waals surface area contributed by atoms with Crippen molar-refractivity contribution < 1.29 is 34.2 Å². The monoisotopic (exact) mass is 449 g/mol. The molecule has 13 heteroatoms. The maximum absolute atomic E-state index is 12.5. The first-order valence-electron chi connectivity index (χ1n) is 9.37. The van der Waals surface area contributed by atoms with Crippen LogP contribution in [0.5, 0.6) is 0 Å². The third-order valence-corrected chi connectivity index (χ3v) is 4.81. The van der Waals surface area contributed by atoms with Gasteiger partial charge in [0.1, 0.15) is 18.1 Å². The fourth-order valence-electron chi connectivity index (χ4n) is 2.30. The number of primary amides is 1. The molecular formula is C17H31N5O7S. The number of amides is 4. The van der Waals surface area contributed by atoms with Crippen molar-refractivity contribution in [2.45, 2.75) is 57.3 Å². The molecule has 172 valence electrons. The van der Waals surface area contributed by atoms with Crippen molar-refractivity contribution >= 4 is 42.2 Å². The number of rotatable bonds is 14. The molecule has 9 N–H and O–H groups in total. The van der Waals surface area contributed by atoms with E-state index in [1.165, 1.54) is 0 Å². The number of carboxylic acid groups (broad SMARTS) is 1. The van der Waals surface area contributed by atoms with E-state index in [1.54, 1.807) is 13.8 Å². The van der Waals surface area contributed by atoms with Crippen LogP contribution in [0.3, 0.4) is 0 Å². The zero-order chi connectivity index (χ0) is 23.4. The van der Waals surface area contributed by atoms with Gasteiger partial charge in [-0.1, -0.05) is 20.3 Å². The zero-order valence-electron chi connectivity index (χ0n) is 17.0. The van der Waals surface area contributed by atoms with Gasteiger partial charge in [-0.05, 0) is 12.3 Å². The maximum Gasteiger partial charge on any atom is 0.327 e. The summed E-state index contributed by atoms with van der Waals surface area (Å²) in [5.74, 6) is -4.82. The molecule has 0 fully saturated rings. The molecule has 4 amide bonds.